The lowest BCUT2D eigenvalue weighted by atomic mass is 10.5. The minimum Gasteiger partial charge on any atom is -0.392 e. The molecule has 2 N–H and O–H groups in total. The molecule has 0 aliphatic rings. The normalized spacial score (nSPS) is 11.2. The average Bonchev–Trinajstić information content (AvgIpc) is 1.89. The maximum absolute atomic E-state index is 8.40. The monoisotopic (exact) mass is 143 g/mol. The van der Waals surface area contributed by atoms with E-state index in [-0.39, 0.29) is 6.61 Å². The third kappa shape index (κ3) is 5.34. The van der Waals surface area contributed by atoms with Gasteiger partial charge in [0.15, 0.2) is 0 Å². The van der Waals surface area contributed by atoms with E-state index in [0.29, 0.717) is 6.61 Å². The Balaban J connectivity index is 3.29. The number of hydroxylamine groups is 1. The molecular weight excluding hydrogens is 130 g/mol. The minimum atomic E-state index is 0.0241. The van der Waals surface area contributed by atoms with Crippen LogP contribution >= 0.6 is 0 Å². The molecule has 3 nitrogen and oxygen atoms in total. The molecule has 3 heteroatoms. The van der Waals surface area contributed by atoms with Gasteiger partial charge in [-0.3, -0.25) is 10.3 Å². The summed E-state index contributed by atoms with van der Waals surface area (Å²) in [5, 5.41) is 8.40. The molecule has 0 aromatic carbocycles. The van der Waals surface area contributed by atoms with E-state index >= 15 is 0 Å². The van der Waals surface area contributed by atoms with Gasteiger partial charge >= 0.3 is 0 Å². The van der Waals surface area contributed by atoms with Crippen LogP contribution in [0.1, 0.15) is 6.92 Å². The van der Waals surface area contributed by atoms with Crippen LogP contribution in [-0.2, 0) is 4.84 Å². The quantitative estimate of drug-likeness (QED) is 0.336. The van der Waals surface area contributed by atoms with Gasteiger partial charge in [0.1, 0.15) is 0 Å². The Morgan fingerprint density at radius 2 is 2.50 bits per heavy atom. The average molecular weight is 143 g/mol. The largest absolute Gasteiger partial charge is 0.392 e. The molecule has 0 heterocycles. The van der Waals surface area contributed by atoms with Crippen molar-refractivity contribution < 1.29 is 9.94 Å². The summed E-state index contributed by atoms with van der Waals surface area (Å²) in [6.45, 7) is 5.75. The van der Waals surface area contributed by atoms with Crippen molar-refractivity contribution in [2.75, 3.05) is 13.2 Å². The smallest absolute Gasteiger partial charge is 0.0924 e. The van der Waals surface area contributed by atoms with E-state index in [9.17, 15) is 0 Å². The lowest BCUT2D eigenvalue weighted by molar-refractivity contribution is 0.0857. The summed E-state index contributed by atoms with van der Waals surface area (Å²) in [7, 11) is 0. The number of hydrogen-bond donors (Lipinski definition) is 2. The highest BCUT2D eigenvalue weighted by Gasteiger charge is 1.83. The minimum absolute atomic E-state index is 0.0241. The van der Waals surface area contributed by atoms with Gasteiger partial charge in [-0.15, -0.1) is 6.58 Å². The van der Waals surface area contributed by atoms with E-state index in [1.54, 1.807) is 19.1 Å². The predicted octanol–water partition coefficient (Wildman–Crippen LogP) is 0.590. The van der Waals surface area contributed by atoms with Gasteiger partial charge < -0.3 is 5.11 Å². The summed E-state index contributed by atoms with van der Waals surface area (Å²) in [4.78, 5) is 4.85. The van der Waals surface area contributed by atoms with Crippen LogP contribution in [-0.4, -0.2) is 18.3 Å². The molecule has 0 fully saturated rings. The number of aliphatic hydroxyl groups is 1. The summed E-state index contributed by atoms with van der Waals surface area (Å²) in [5.74, 6) is 0. The number of hydrogen-bond acceptors (Lipinski definition) is 3. The second-order valence-electron chi connectivity index (χ2n) is 1.77. The summed E-state index contributed by atoms with van der Waals surface area (Å²) < 4.78 is 0. The van der Waals surface area contributed by atoms with E-state index in [2.05, 4.69) is 12.1 Å². The molecule has 58 valence electrons. The highest BCUT2D eigenvalue weighted by atomic mass is 16.6. The summed E-state index contributed by atoms with van der Waals surface area (Å²) in [5.41, 5.74) is 3.41. The first-order valence-corrected chi connectivity index (χ1v) is 3.07. The van der Waals surface area contributed by atoms with E-state index in [1.807, 2.05) is 0 Å². The molecule has 0 aromatic heterocycles. The van der Waals surface area contributed by atoms with Crippen LogP contribution in [0.25, 0.3) is 0 Å². The Kier molecular flexibility index (Phi) is 5.82. The first-order chi connectivity index (χ1) is 4.81. The van der Waals surface area contributed by atoms with Crippen molar-refractivity contribution in [2.24, 2.45) is 0 Å². The third-order valence-corrected chi connectivity index (χ3v) is 0.832. The van der Waals surface area contributed by atoms with Crippen LogP contribution in [0.15, 0.2) is 24.4 Å². The fraction of sp³-hybridized carbons (Fsp3) is 0.429. The van der Waals surface area contributed by atoms with E-state index in [0.717, 1.165) is 5.70 Å². The predicted molar refractivity (Wildman–Crippen MR) is 40.1 cm³/mol. The molecule has 0 aliphatic carbocycles. The van der Waals surface area contributed by atoms with E-state index in [4.69, 9.17) is 9.94 Å². The van der Waals surface area contributed by atoms with Gasteiger partial charge in [-0.2, -0.15) is 0 Å². The Bertz CT molecular complexity index is 121. The zero-order chi connectivity index (χ0) is 7.82. The molecule has 0 bridgehead atoms. The van der Waals surface area contributed by atoms with Crippen LogP contribution in [0, 0.1) is 0 Å². The highest BCUT2D eigenvalue weighted by molar-refractivity contribution is 4.92. The second-order valence-corrected chi connectivity index (χ2v) is 1.77. The Hall–Kier alpha value is -0.800. The van der Waals surface area contributed by atoms with Crippen LogP contribution < -0.4 is 5.48 Å². The Morgan fingerprint density at radius 3 is 3.00 bits per heavy atom. The van der Waals surface area contributed by atoms with Gasteiger partial charge in [0.05, 0.1) is 13.2 Å². The highest BCUT2D eigenvalue weighted by Crippen LogP contribution is 1.84. The fourth-order valence-electron chi connectivity index (χ4n) is 0.393. The molecule has 0 amide bonds. The fourth-order valence-corrected chi connectivity index (χ4v) is 0.393. The first kappa shape index (κ1) is 9.20. The lowest BCUT2D eigenvalue weighted by Crippen LogP contribution is -2.12. The van der Waals surface area contributed by atoms with Crippen LogP contribution in [0.3, 0.4) is 0 Å². The number of rotatable bonds is 5. The topological polar surface area (TPSA) is 41.5 Å². The molecule has 0 aromatic rings. The summed E-state index contributed by atoms with van der Waals surface area (Å²) >= 11 is 0. The number of nitrogens with one attached hydrogen (secondary N) is 1. The van der Waals surface area contributed by atoms with Crippen molar-refractivity contribution in [2.45, 2.75) is 6.92 Å². The molecule has 10 heavy (non-hydrogen) atoms. The summed E-state index contributed by atoms with van der Waals surface area (Å²) in [6, 6.07) is 0. The molecule has 0 saturated carbocycles. The molecule has 0 radical (unpaired) electrons. The van der Waals surface area contributed by atoms with Gasteiger partial charge in [0, 0.05) is 5.70 Å². The van der Waals surface area contributed by atoms with Crippen molar-refractivity contribution in [1.82, 2.24) is 5.48 Å². The molecule has 0 unspecified atom stereocenters. The van der Waals surface area contributed by atoms with Crippen molar-refractivity contribution in [3.05, 3.63) is 24.4 Å². The van der Waals surface area contributed by atoms with E-state index in [1.165, 1.54) is 0 Å². The molecular formula is C7H13NO2. The molecule has 0 spiro atoms. The lowest BCUT2D eigenvalue weighted by Gasteiger charge is -2.03. The van der Waals surface area contributed by atoms with Gasteiger partial charge in [-0.05, 0) is 13.0 Å². The summed E-state index contributed by atoms with van der Waals surface area (Å²) in [6.07, 6.45) is 3.25. The van der Waals surface area contributed by atoms with E-state index < -0.39 is 0 Å². The maximum atomic E-state index is 8.40. The SMILES string of the molecule is C=CCONC(C)=CCO. The molecule has 0 aliphatic heterocycles. The van der Waals surface area contributed by atoms with Crippen LogP contribution in [0.2, 0.25) is 0 Å². The molecule has 0 rings (SSSR count). The van der Waals surface area contributed by atoms with Gasteiger partial charge in [0.2, 0.25) is 0 Å². The standard InChI is InChI=1S/C7H13NO2/c1-3-6-10-8-7(2)4-5-9/h3-4,8-9H,1,5-6H2,2H3. The third-order valence-electron chi connectivity index (χ3n) is 0.832. The van der Waals surface area contributed by atoms with Crippen LogP contribution in [0.4, 0.5) is 0 Å². The van der Waals surface area contributed by atoms with Crippen molar-refractivity contribution in [3.8, 4) is 0 Å². The van der Waals surface area contributed by atoms with Crippen molar-refractivity contribution >= 4 is 0 Å². The van der Waals surface area contributed by atoms with Crippen molar-refractivity contribution in [3.63, 3.8) is 0 Å². The number of aliphatic hydroxyl groups excluding tert-OH is 1. The number of allylic oxidation sites excluding steroid dienone is 1. The maximum Gasteiger partial charge on any atom is 0.0924 e. The molecule has 0 atom stereocenters. The first-order valence-electron chi connectivity index (χ1n) is 3.07. The van der Waals surface area contributed by atoms with Gasteiger partial charge in [0.25, 0.3) is 0 Å². The second kappa shape index (κ2) is 6.32. The van der Waals surface area contributed by atoms with Gasteiger partial charge in [-0.1, -0.05) is 6.08 Å². The zero-order valence-electron chi connectivity index (χ0n) is 6.13. The van der Waals surface area contributed by atoms with Crippen LogP contribution in [0.5, 0.6) is 0 Å². The Labute approximate surface area is 61.0 Å². The molecule has 0 saturated heterocycles. The zero-order valence-corrected chi connectivity index (χ0v) is 6.13. The van der Waals surface area contributed by atoms with Gasteiger partial charge in [-0.25, -0.2) is 0 Å². The van der Waals surface area contributed by atoms with Crippen molar-refractivity contribution in [1.29, 1.82) is 0 Å². The Morgan fingerprint density at radius 1 is 1.80 bits per heavy atom.